The van der Waals surface area contributed by atoms with Crippen LogP contribution in [0, 0.1) is 0 Å². The van der Waals surface area contributed by atoms with Gasteiger partial charge in [0.05, 0.1) is 7.11 Å². The highest BCUT2D eigenvalue weighted by atomic mass is 16.5. The normalized spacial score (nSPS) is 9.78. The van der Waals surface area contributed by atoms with E-state index in [1.54, 1.807) is 36.7 Å². The van der Waals surface area contributed by atoms with E-state index in [1.807, 2.05) is 12.1 Å². The molecule has 7 heteroatoms. The second-order valence-corrected chi connectivity index (χ2v) is 4.69. The highest BCUT2D eigenvalue weighted by molar-refractivity contribution is 5.91. The quantitative estimate of drug-likeness (QED) is 0.791. The van der Waals surface area contributed by atoms with E-state index in [0.29, 0.717) is 24.3 Å². The van der Waals surface area contributed by atoms with Gasteiger partial charge in [0.2, 0.25) is 0 Å². The highest BCUT2D eigenvalue weighted by Gasteiger charge is 2.04. The van der Waals surface area contributed by atoms with Crippen molar-refractivity contribution < 1.29 is 14.3 Å². The molecule has 3 N–H and O–H groups in total. The molecule has 0 aliphatic carbocycles. The highest BCUT2D eigenvalue weighted by Crippen LogP contribution is 2.15. The average Bonchev–Trinajstić information content (AvgIpc) is 2.56. The maximum Gasteiger partial charge on any atom is 0.411 e. The molecule has 7 nitrogen and oxygen atoms in total. The summed E-state index contributed by atoms with van der Waals surface area (Å²) in [5, 5.41) is 7.99. The maximum atomic E-state index is 11.8. The number of methoxy groups -OCH3 is 1. The first kappa shape index (κ1) is 16.3. The van der Waals surface area contributed by atoms with Crippen molar-refractivity contribution in [3.63, 3.8) is 0 Å². The Labute approximate surface area is 134 Å². The number of carbonyl (C=O) groups is 2. The van der Waals surface area contributed by atoms with Gasteiger partial charge in [0.15, 0.2) is 0 Å². The number of rotatable bonds is 5. The van der Waals surface area contributed by atoms with Crippen LogP contribution in [0.1, 0.15) is 5.56 Å². The molecule has 0 fully saturated rings. The standard InChI is InChI=1S/C16H18N4O3/c1-23-16(22)20-14-6-2-5-13(10-14)19-15(21)18-9-7-12-4-3-8-17-11-12/h2-6,8,10-11H,7,9H2,1H3,(H,20,22)(H2,18,19,21). The molecule has 0 atom stereocenters. The van der Waals surface area contributed by atoms with E-state index >= 15 is 0 Å². The zero-order valence-electron chi connectivity index (χ0n) is 12.7. The third-order valence-electron chi connectivity index (χ3n) is 2.97. The lowest BCUT2D eigenvalue weighted by atomic mass is 10.2. The molecule has 0 spiro atoms. The van der Waals surface area contributed by atoms with Gasteiger partial charge in [-0.25, -0.2) is 9.59 Å². The number of hydrogen-bond donors (Lipinski definition) is 3. The number of aromatic nitrogens is 1. The van der Waals surface area contributed by atoms with Gasteiger partial charge in [-0.3, -0.25) is 10.3 Å². The molecule has 0 saturated carbocycles. The Balaban J connectivity index is 1.80. The van der Waals surface area contributed by atoms with Crippen molar-refractivity contribution in [3.05, 3.63) is 54.4 Å². The molecule has 1 aromatic heterocycles. The van der Waals surface area contributed by atoms with Crippen molar-refractivity contribution in [1.29, 1.82) is 0 Å². The molecule has 0 radical (unpaired) electrons. The number of anilines is 2. The number of benzene rings is 1. The van der Waals surface area contributed by atoms with E-state index in [9.17, 15) is 9.59 Å². The third kappa shape index (κ3) is 5.66. The van der Waals surface area contributed by atoms with Crippen LogP contribution >= 0.6 is 0 Å². The molecule has 3 amide bonds. The summed E-state index contributed by atoms with van der Waals surface area (Å²) in [4.78, 5) is 27.0. The summed E-state index contributed by atoms with van der Waals surface area (Å²) in [6, 6.07) is 10.3. The first-order valence-electron chi connectivity index (χ1n) is 7.06. The van der Waals surface area contributed by atoms with Gasteiger partial charge in [-0.1, -0.05) is 12.1 Å². The summed E-state index contributed by atoms with van der Waals surface area (Å²) in [5.41, 5.74) is 2.15. The van der Waals surface area contributed by atoms with Gasteiger partial charge in [0, 0.05) is 30.3 Å². The van der Waals surface area contributed by atoms with Crippen LogP contribution in [0.2, 0.25) is 0 Å². The Morgan fingerprint density at radius 1 is 1.13 bits per heavy atom. The Kier molecular flexibility index (Phi) is 5.93. The average molecular weight is 314 g/mol. The number of amides is 3. The number of nitrogens with one attached hydrogen (secondary N) is 3. The third-order valence-corrected chi connectivity index (χ3v) is 2.97. The molecule has 120 valence electrons. The maximum absolute atomic E-state index is 11.8. The minimum absolute atomic E-state index is 0.316. The zero-order valence-corrected chi connectivity index (χ0v) is 12.7. The van der Waals surface area contributed by atoms with Crippen molar-refractivity contribution in [2.45, 2.75) is 6.42 Å². The van der Waals surface area contributed by atoms with Crippen LogP contribution in [0.4, 0.5) is 21.0 Å². The van der Waals surface area contributed by atoms with Gasteiger partial charge in [0.1, 0.15) is 0 Å². The number of pyridine rings is 1. The molecule has 0 aliphatic rings. The van der Waals surface area contributed by atoms with Crippen LogP contribution in [0.3, 0.4) is 0 Å². The number of urea groups is 1. The van der Waals surface area contributed by atoms with Gasteiger partial charge in [-0.05, 0) is 36.2 Å². The van der Waals surface area contributed by atoms with E-state index in [2.05, 4.69) is 25.7 Å². The van der Waals surface area contributed by atoms with Gasteiger partial charge < -0.3 is 15.4 Å². The van der Waals surface area contributed by atoms with Crippen LogP contribution in [0.25, 0.3) is 0 Å². The fourth-order valence-electron chi connectivity index (χ4n) is 1.89. The first-order valence-corrected chi connectivity index (χ1v) is 7.06. The lowest BCUT2D eigenvalue weighted by molar-refractivity contribution is 0.187. The van der Waals surface area contributed by atoms with Crippen LogP contribution in [0.5, 0.6) is 0 Å². The summed E-state index contributed by atoms with van der Waals surface area (Å²) in [6.07, 6.45) is 3.61. The molecule has 23 heavy (non-hydrogen) atoms. The van der Waals surface area contributed by atoms with Crippen molar-refractivity contribution in [1.82, 2.24) is 10.3 Å². The second-order valence-electron chi connectivity index (χ2n) is 4.69. The number of nitrogens with zero attached hydrogens (tertiary/aromatic N) is 1. The van der Waals surface area contributed by atoms with E-state index in [1.165, 1.54) is 7.11 Å². The van der Waals surface area contributed by atoms with E-state index in [4.69, 9.17) is 0 Å². The first-order chi connectivity index (χ1) is 11.2. The predicted octanol–water partition coefficient (Wildman–Crippen LogP) is 2.62. The molecular weight excluding hydrogens is 296 g/mol. The van der Waals surface area contributed by atoms with E-state index < -0.39 is 6.09 Å². The van der Waals surface area contributed by atoms with Gasteiger partial charge in [0.25, 0.3) is 0 Å². The lowest BCUT2D eigenvalue weighted by Crippen LogP contribution is -2.30. The summed E-state index contributed by atoms with van der Waals surface area (Å²) >= 11 is 0. The van der Waals surface area contributed by atoms with Crippen molar-refractivity contribution in [2.75, 3.05) is 24.3 Å². The summed E-state index contributed by atoms with van der Waals surface area (Å²) < 4.78 is 4.52. The lowest BCUT2D eigenvalue weighted by Gasteiger charge is -2.09. The van der Waals surface area contributed by atoms with Crippen LogP contribution in [-0.4, -0.2) is 30.8 Å². The largest absolute Gasteiger partial charge is 0.453 e. The Morgan fingerprint density at radius 3 is 2.61 bits per heavy atom. The Bertz CT molecular complexity index is 661. The molecule has 2 rings (SSSR count). The van der Waals surface area contributed by atoms with Gasteiger partial charge >= 0.3 is 12.1 Å². The molecule has 0 saturated heterocycles. The number of hydrogen-bond acceptors (Lipinski definition) is 4. The molecule has 1 heterocycles. The van der Waals surface area contributed by atoms with Crippen molar-refractivity contribution in [3.8, 4) is 0 Å². The van der Waals surface area contributed by atoms with Crippen LogP contribution in [0.15, 0.2) is 48.8 Å². The molecule has 0 aliphatic heterocycles. The fraction of sp³-hybridized carbons (Fsp3) is 0.188. The molecule has 1 aromatic carbocycles. The zero-order chi connectivity index (χ0) is 16.5. The number of carbonyl (C=O) groups excluding carboxylic acids is 2. The topological polar surface area (TPSA) is 92.4 Å². The minimum Gasteiger partial charge on any atom is -0.453 e. The summed E-state index contributed by atoms with van der Waals surface area (Å²) in [7, 11) is 1.28. The van der Waals surface area contributed by atoms with E-state index in [0.717, 1.165) is 5.56 Å². The molecule has 2 aromatic rings. The van der Waals surface area contributed by atoms with Gasteiger partial charge in [-0.15, -0.1) is 0 Å². The minimum atomic E-state index is -0.567. The van der Waals surface area contributed by atoms with Crippen LogP contribution < -0.4 is 16.0 Å². The smallest absolute Gasteiger partial charge is 0.411 e. The summed E-state index contributed by atoms with van der Waals surface area (Å²) in [6.45, 7) is 0.498. The van der Waals surface area contributed by atoms with Gasteiger partial charge in [-0.2, -0.15) is 0 Å². The monoisotopic (exact) mass is 314 g/mol. The second kappa shape index (κ2) is 8.38. The molecular formula is C16H18N4O3. The van der Waals surface area contributed by atoms with Crippen molar-refractivity contribution >= 4 is 23.5 Å². The fourth-order valence-corrected chi connectivity index (χ4v) is 1.89. The Morgan fingerprint density at radius 2 is 1.91 bits per heavy atom. The van der Waals surface area contributed by atoms with Crippen LogP contribution in [-0.2, 0) is 11.2 Å². The SMILES string of the molecule is COC(=O)Nc1cccc(NC(=O)NCCc2cccnc2)c1. The van der Waals surface area contributed by atoms with E-state index in [-0.39, 0.29) is 6.03 Å². The molecule has 0 unspecified atom stereocenters. The predicted molar refractivity (Wildman–Crippen MR) is 87.4 cm³/mol. The van der Waals surface area contributed by atoms with Crippen molar-refractivity contribution in [2.24, 2.45) is 0 Å². The number of ether oxygens (including phenoxy) is 1. The summed E-state index contributed by atoms with van der Waals surface area (Å²) in [5.74, 6) is 0. The molecule has 0 bridgehead atoms. The Hall–Kier alpha value is -3.09.